The van der Waals surface area contributed by atoms with Crippen molar-refractivity contribution in [3.63, 3.8) is 0 Å². The van der Waals surface area contributed by atoms with Crippen molar-refractivity contribution in [2.24, 2.45) is 0 Å². The zero-order valence-corrected chi connectivity index (χ0v) is 13.6. The molecule has 0 aliphatic carbocycles. The molecule has 1 atom stereocenters. The van der Waals surface area contributed by atoms with Gasteiger partial charge in [0.05, 0.1) is 16.0 Å². The van der Waals surface area contributed by atoms with Gasteiger partial charge in [-0.3, -0.25) is 0 Å². The first-order valence-electron chi connectivity index (χ1n) is 7.03. The first-order chi connectivity index (χ1) is 10.0. The summed E-state index contributed by atoms with van der Waals surface area (Å²) in [5.74, 6) is 0.189. The summed E-state index contributed by atoms with van der Waals surface area (Å²) in [6.07, 6.45) is 1.31. The van der Waals surface area contributed by atoms with Gasteiger partial charge in [-0.1, -0.05) is 49.4 Å². The number of rotatable bonds is 6. The Morgan fingerprint density at radius 3 is 2.19 bits per heavy atom. The molecule has 0 saturated carbocycles. The molecule has 2 rings (SSSR count). The van der Waals surface area contributed by atoms with E-state index in [9.17, 15) is 8.42 Å². The third-order valence-corrected chi connectivity index (χ3v) is 5.67. The zero-order valence-electron chi connectivity index (χ0n) is 12.0. The van der Waals surface area contributed by atoms with E-state index in [0.717, 1.165) is 11.1 Å². The summed E-state index contributed by atoms with van der Waals surface area (Å²) in [6, 6.07) is 16.9. The molecule has 0 aliphatic rings. The summed E-state index contributed by atoms with van der Waals surface area (Å²) < 4.78 is 23.9. The van der Waals surface area contributed by atoms with E-state index in [1.54, 1.807) is 12.1 Å². The second kappa shape index (κ2) is 7.10. The second-order valence-corrected chi connectivity index (χ2v) is 7.68. The monoisotopic (exact) mass is 322 g/mol. The molecule has 0 radical (unpaired) electrons. The van der Waals surface area contributed by atoms with Gasteiger partial charge in [-0.15, -0.1) is 11.6 Å². The van der Waals surface area contributed by atoms with Crippen LogP contribution in [-0.4, -0.2) is 14.2 Å². The molecule has 0 N–H and O–H groups in total. The molecule has 0 bridgehead atoms. The Morgan fingerprint density at radius 2 is 1.62 bits per heavy atom. The summed E-state index contributed by atoms with van der Waals surface area (Å²) in [5.41, 5.74) is 2.11. The fraction of sp³-hybridized carbons (Fsp3) is 0.294. The van der Waals surface area contributed by atoms with Crippen LogP contribution >= 0.6 is 11.6 Å². The number of benzene rings is 2. The lowest BCUT2D eigenvalue weighted by atomic mass is 10.0. The Morgan fingerprint density at radius 1 is 1.00 bits per heavy atom. The molecule has 0 aliphatic heterocycles. The lowest BCUT2D eigenvalue weighted by Crippen LogP contribution is -2.06. The molecule has 2 aromatic rings. The fourth-order valence-corrected chi connectivity index (χ4v) is 3.85. The van der Waals surface area contributed by atoms with Crippen LogP contribution in [0.15, 0.2) is 59.5 Å². The number of halogens is 1. The highest BCUT2D eigenvalue weighted by molar-refractivity contribution is 7.91. The largest absolute Gasteiger partial charge is 0.224 e. The van der Waals surface area contributed by atoms with Crippen LogP contribution in [0.1, 0.15) is 29.8 Å². The van der Waals surface area contributed by atoms with E-state index in [4.69, 9.17) is 11.6 Å². The number of sulfone groups is 1. The Labute approximate surface area is 131 Å². The van der Waals surface area contributed by atoms with Crippen LogP contribution in [0.2, 0.25) is 0 Å². The Bertz CT molecular complexity index is 664. The van der Waals surface area contributed by atoms with Crippen LogP contribution in [0.3, 0.4) is 0 Å². The van der Waals surface area contributed by atoms with Crippen LogP contribution in [0, 0.1) is 0 Å². The minimum atomic E-state index is -3.14. The highest BCUT2D eigenvalue weighted by atomic mass is 35.5. The van der Waals surface area contributed by atoms with Crippen LogP contribution in [0.5, 0.6) is 0 Å². The molecule has 0 heterocycles. The number of hydrogen-bond acceptors (Lipinski definition) is 2. The predicted molar refractivity (Wildman–Crippen MR) is 87.5 cm³/mol. The van der Waals surface area contributed by atoms with Gasteiger partial charge in [0, 0.05) is 0 Å². The molecule has 1 unspecified atom stereocenters. The van der Waals surface area contributed by atoms with E-state index in [-0.39, 0.29) is 11.1 Å². The van der Waals surface area contributed by atoms with Crippen molar-refractivity contribution in [1.29, 1.82) is 0 Å². The second-order valence-electron chi connectivity index (χ2n) is 5.05. The van der Waals surface area contributed by atoms with Crippen molar-refractivity contribution in [2.45, 2.75) is 30.0 Å². The molecule has 0 amide bonds. The maximum atomic E-state index is 12.0. The first-order valence-corrected chi connectivity index (χ1v) is 9.12. The van der Waals surface area contributed by atoms with Crippen molar-refractivity contribution in [3.05, 3.63) is 65.7 Å². The molecule has 0 spiro atoms. The maximum absolute atomic E-state index is 12.0. The highest BCUT2D eigenvalue weighted by Crippen LogP contribution is 2.25. The minimum Gasteiger partial charge on any atom is -0.224 e. The summed E-state index contributed by atoms with van der Waals surface area (Å²) in [7, 11) is -3.14. The van der Waals surface area contributed by atoms with Gasteiger partial charge in [0.15, 0.2) is 9.84 Å². The predicted octanol–water partition coefficient (Wildman–Crippen LogP) is 4.39. The lowest BCUT2D eigenvalue weighted by Gasteiger charge is -2.10. The average Bonchev–Trinajstić information content (AvgIpc) is 2.48. The van der Waals surface area contributed by atoms with Crippen molar-refractivity contribution >= 4 is 21.4 Å². The van der Waals surface area contributed by atoms with Crippen molar-refractivity contribution in [2.75, 3.05) is 5.75 Å². The highest BCUT2D eigenvalue weighted by Gasteiger charge is 2.13. The zero-order chi connectivity index (χ0) is 15.3. The van der Waals surface area contributed by atoms with Crippen LogP contribution in [0.4, 0.5) is 0 Å². The average molecular weight is 323 g/mol. The van der Waals surface area contributed by atoms with Gasteiger partial charge in [-0.05, 0) is 36.1 Å². The van der Waals surface area contributed by atoms with Crippen LogP contribution in [0.25, 0.3) is 0 Å². The molecule has 2 aromatic carbocycles. The maximum Gasteiger partial charge on any atom is 0.178 e. The number of hydrogen-bond donors (Lipinski definition) is 0. The minimum absolute atomic E-state index is 0.107. The molecule has 0 fully saturated rings. The van der Waals surface area contributed by atoms with Crippen molar-refractivity contribution in [1.82, 2.24) is 0 Å². The summed E-state index contributed by atoms with van der Waals surface area (Å²) >= 11 is 6.40. The van der Waals surface area contributed by atoms with Gasteiger partial charge in [0.2, 0.25) is 0 Å². The normalized spacial score (nSPS) is 13.0. The molecule has 0 saturated heterocycles. The summed E-state index contributed by atoms with van der Waals surface area (Å²) in [5, 5.41) is -0.107. The van der Waals surface area contributed by atoms with Crippen molar-refractivity contribution in [3.8, 4) is 0 Å². The first kappa shape index (κ1) is 16.1. The Hall–Kier alpha value is -1.32. The molecule has 4 heteroatoms. The molecule has 0 aromatic heterocycles. The molecular formula is C17H19ClO2S. The quantitative estimate of drug-likeness (QED) is 0.739. The van der Waals surface area contributed by atoms with Gasteiger partial charge in [-0.2, -0.15) is 0 Å². The Balaban J connectivity index is 2.10. The fourth-order valence-electron chi connectivity index (χ4n) is 2.21. The van der Waals surface area contributed by atoms with Gasteiger partial charge >= 0.3 is 0 Å². The standard InChI is InChI=1S/C17H19ClO2S/c1-2-12-21(19,20)16-10-8-14(9-11-16)13-17(18)15-6-4-3-5-7-15/h3-11,17H,2,12-13H2,1H3. The van der Waals surface area contributed by atoms with Crippen LogP contribution in [-0.2, 0) is 16.3 Å². The lowest BCUT2D eigenvalue weighted by molar-refractivity contribution is 0.594. The molecule has 2 nitrogen and oxygen atoms in total. The van der Waals surface area contributed by atoms with Crippen molar-refractivity contribution < 1.29 is 8.42 Å². The molecule has 112 valence electrons. The van der Waals surface area contributed by atoms with E-state index < -0.39 is 9.84 Å². The Kier molecular flexibility index (Phi) is 5.43. The van der Waals surface area contributed by atoms with E-state index in [2.05, 4.69) is 0 Å². The topological polar surface area (TPSA) is 34.1 Å². The third-order valence-electron chi connectivity index (χ3n) is 3.33. The van der Waals surface area contributed by atoms with Crippen LogP contribution < -0.4 is 0 Å². The van der Waals surface area contributed by atoms with Gasteiger partial charge in [0.1, 0.15) is 0 Å². The summed E-state index contributed by atoms with van der Waals surface area (Å²) in [4.78, 5) is 0.388. The molecular weight excluding hydrogens is 304 g/mol. The van der Waals surface area contributed by atoms with E-state index >= 15 is 0 Å². The van der Waals surface area contributed by atoms with E-state index in [1.807, 2.05) is 49.4 Å². The smallest absolute Gasteiger partial charge is 0.178 e. The van der Waals surface area contributed by atoms with Gasteiger partial charge in [-0.25, -0.2) is 8.42 Å². The molecule has 21 heavy (non-hydrogen) atoms. The van der Waals surface area contributed by atoms with Gasteiger partial charge in [0.25, 0.3) is 0 Å². The SMILES string of the molecule is CCCS(=O)(=O)c1ccc(CC(Cl)c2ccccc2)cc1. The summed E-state index contributed by atoms with van der Waals surface area (Å²) in [6.45, 7) is 1.86. The van der Waals surface area contributed by atoms with Gasteiger partial charge < -0.3 is 0 Å². The van der Waals surface area contributed by atoms with E-state index in [1.165, 1.54) is 0 Å². The third kappa shape index (κ3) is 4.32. The van der Waals surface area contributed by atoms with E-state index in [0.29, 0.717) is 17.7 Å². The number of alkyl halides is 1.